The lowest BCUT2D eigenvalue weighted by molar-refractivity contribution is -0.151. The molecule has 27 heavy (non-hydrogen) atoms. The number of carbonyl (C=O) groups is 2. The van der Waals surface area contributed by atoms with Gasteiger partial charge in [0.05, 0.1) is 6.61 Å². The molecule has 2 unspecified atom stereocenters. The largest absolute Gasteiger partial charge is 0.465 e. The minimum absolute atomic E-state index is 0.170. The Hall–Kier alpha value is -2.68. The zero-order valence-electron chi connectivity index (χ0n) is 16.1. The Bertz CT molecular complexity index is 832. The quantitative estimate of drug-likeness (QED) is 0.547. The van der Waals surface area contributed by atoms with E-state index >= 15 is 0 Å². The Morgan fingerprint density at radius 2 is 1.74 bits per heavy atom. The zero-order chi connectivity index (χ0) is 19.4. The summed E-state index contributed by atoms with van der Waals surface area (Å²) in [4.78, 5) is 25.4. The van der Waals surface area contributed by atoms with Crippen LogP contribution in [0.4, 0.5) is 0 Å². The van der Waals surface area contributed by atoms with Crippen molar-refractivity contribution in [2.75, 3.05) is 6.61 Å². The van der Waals surface area contributed by atoms with E-state index in [1.54, 1.807) is 13.0 Å². The molecular weight excluding hydrogens is 336 g/mol. The lowest BCUT2D eigenvalue weighted by atomic mass is 9.73. The first-order valence-corrected chi connectivity index (χ1v) is 9.57. The molecule has 1 aliphatic carbocycles. The van der Waals surface area contributed by atoms with Crippen molar-refractivity contribution < 1.29 is 14.3 Å². The van der Waals surface area contributed by atoms with Crippen molar-refractivity contribution >= 4 is 17.3 Å². The van der Waals surface area contributed by atoms with Gasteiger partial charge in [-0.3, -0.25) is 9.59 Å². The maximum Gasteiger partial charge on any atom is 0.317 e. The number of hydrogen-bond acceptors (Lipinski definition) is 3. The molecule has 2 aromatic carbocycles. The molecule has 3 heteroatoms. The number of esters is 1. The molecule has 0 aliphatic heterocycles. The Morgan fingerprint density at radius 3 is 2.33 bits per heavy atom. The number of hydrogen-bond donors (Lipinski definition) is 0. The van der Waals surface area contributed by atoms with Crippen LogP contribution in [0.1, 0.15) is 55.7 Å². The van der Waals surface area contributed by atoms with Crippen LogP contribution in [0.2, 0.25) is 0 Å². The van der Waals surface area contributed by atoms with Crippen LogP contribution >= 0.6 is 0 Å². The average Bonchev–Trinajstić information content (AvgIpc) is 2.68. The molecular formula is C24H26O3. The van der Waals surface area contributed by atoms with Crippen molar-refractivity contribution in [3.05, 3.63) is 77.4 Å². The highest BCUT2D eigenvalue weighted by Gasteiger charge is 2.39. The van der Waals surface area contributed by atoms with Crippen LogP contribution in [0, 0.1) is 5.92 Å². The summed E-state index contributed by atoms with van der Waals surface area (Å²) < 4.78 is 5.22. The Balaban J connectivity index is 1.99. The first kappa shape index (κ1) is 19.1. The van der Waals surface area contributed by atoms with E-state index in [-0.39, 0.29) is 18.3 Å². The van der Waals surface area contributed by atoms with E-state index in [0.29, 0.717) is 12.3 Å². The summed E-state index contributed by atoms with van der Waals surface area (Å²) in [7, 11) is 0. The van der Waals surface area contributed by atoms with Crippen molar-refractivity contribution in [2.24, 2.45) is 5.92 Å². The molecule has 0 radical (unpaired) electrons. The molecule has 0 heterocycles. The van der Waals surface area contributed by atoms with Crippen molar-refractivity contribution in [2.45, 2.75) is 39.0 Å². The van der Waals surface area contributed by atoms with Crippen LogP contribution in [-0.4, -0.2) is 18.4 Å². The lowest BCUT2D eigenvalue weighted by Gasteiger charge is -2.29. The zero-order valence-corrected chi connectivity index (χ0v) is 16.1. The molecule has 3 rings (SSSR count). The number of carbonyl (C=O) groups excluding carboxylic acids is 2. The SMILES string of the molecule is CCOC(=O)C1C(=O)C=C(c2ccccc2)CC1c1ccc(C(C)C)cc1. The summed E-state index contributed by atoms with van der Waals surface area (Å²) in [6.07, 6.45) is 2.26. The van der Waals surface area contributed by atoms with Gasteiger partial charge in [0.15, 0.2) is 5.78 Å². The smallest absolute Gasteiger partial charge is 0.317 e. The number of ether oxygens (including phenoxy) is 1. The summed E-state index contributed by atoms with van der Waals surface area (Å²) in [6.45, 7) is 6.34. The molecule has 0 amide bonds. The molecule has 0 spiro atoms. The van der Waals surface area contributed by atoms with Gasteiger partial charge in [0.25, 0.3) is 0 Å². The molecule has 2 atom stereocenters. The summed E-state index contributed by atoms with van der Waals surface area (Å²) in [6, 6.07) is 18.2. The molecule has 0 saturated carbocycles. The van der Waals surface area contributed by atoms with Crippen LogP contribution in [0.5, 0.6) is 0 Å². The monoisotopic (exact) mass is 362 g/mol. The fraction of sp³-hybridized carbons (Fsp3) is 0.333. The van der Waals surface area contributed by atoms with Gasteiger partial charge in [0.2, 0.25) is 0 Å². The van der Waals surface area contributed by atoms with Gasteiger partial charge in [0.1, 0.15) is 5.92 Å². The maximum absolute atomic E-state index is 12.9. The maximum atomic E-state index is 12.9. The van der Waals surface area contributed by atoms with Crippen LogP contribution < -0.4 is 0 Å². The summed E-state index contributed by atoms with van der Waals surface area (Å²) in [5.74, 6) is -1.15. The predicted octanol–water partition coefficient (Wildman–Crippen LogP) is 5.13. The second kappa shape index (κ2) is 8.34. The first-order valence-electron chi connectivity index (χ1n) is 9.57. The van der Waals surface area contributed by atoms with Gasteiger partial charge in [-0.05, 0) is 47.6 Å². The number of rotatable bonds is 5. The molecule has 140 valence electrons. The molecule has 1 aliphatic rings. The third kappa shape index (κ3) is 4.19. The van der Waals surface area contributed by atoms with Gasteiger partial charge in [-0.1, -0.05) is 68.4 Å². The van der Waals surface area contributed by atoms with Crippen LogP contribution in [0.3, 0.4) is 0 Å². The number of benzene rings is 2. The fourth-order valence-corrected chi connectivity index (χ4v) is 3.68. The fourth-order valence-electron chi connectivity index (χ4n) is 3.68. The highest BCUT2D eigenvalue weighted by atomic mass is 16.5. The van der Waals surface area contributed by atoms with E-state index in [2.05, 4.69) is 26.0 Å². The lowest BCUT2D eigenvalue weighted by Crippen LogP contribution is -2.34. The van der Waals surface area contributed by atoms with Crippen LogP contribution in [0.25, 0.3) is 5.57 Å². The highest BCUT2D eigenvalue weighted by molar-refractivity contribution is 6.10. The van der Waals surface area contributed by atoms with E-state index in [4.69, 9.17) is 4.74 Å². The molecule has 0 N–H and O–H groups in total. The van der Waals surface area contributed by atoms with E-state index in [9.17, 15) is 9.59 Å². The normalized spacial score (nSPS) is 19.7. The van der Waals surface area contributed by atoms with Crippen LogP contribution in [-0.2, 0) is 14.3 Å². The van der Waals surface area contributed by atoms with E-state index in [0.717, 1.165) is 16.7 Å². The summed E-state index contributed by atoms with van der Waals surface area (Å²) in [5.41, 5.74) is 4.25. The molecule has 3 nitrogen and oxygen atoms in total. The Morgan fingerprint density at radius 1 is 1.07 bits per heavy atom. The molecule has 2 aromatic rings. The van der Waals surface area contributed by atoms with Crippen molar-refractivity contribution in [1.29, 1.82) is 0 Å². The van der Waals surface area contributed by atoms with Crippen molar-refractivity contribution in [3.8, 4) is 0 Å². The predicted molar refractivity (Wildman–Crippen MR) is 107 cm³/mol. The molecule has 0 saturated heterocycles. The van der Waals surface area contributed by atoms with Crippen molar-refractivity contribution in [1.82, 2.24) is 0 Å². The van der Waals surface area contributed by atoms with Gasteiger partial charge >= 0.3 is 5.97 Å². The van der Waals surface area contributed by atoms with Gasteiger partial charge in [0, 0.05) is 5.92 Å². The number of ketones is 1. The van der Waals surface area contributed by atoms with E-state index < -0.39 is 11.9 Å². The Labute approximate surface area is 161 Å². The third-order valence-corrected chi connectivity index (χ3v) is 5.18. The summed E-state index contributed by atoms with van der Waals surface area (Å²) >= 11 is 0. The van der Waals surface area contributed by atoms with Gasteiger partial charge in [-0.2, -0.15) is 0 Å². The van der Waals surface area contributed by atoms with Gasteiger partial charge in [-0.25, -0.2) is 0 Å². The molecule has 0 bridgehead atoms. The topological polar surface area (TPSA) is 43.4 Å². The minimum Gasteiger partial charge on any atom is -0.465 e. The second-order valence-corrected chi connectivity index (χ2v) is 7.30. The summed E-state index contributed by atoms with van der Waals surface area (Å²) in [5, 5.41) is 0. The first-order chi connectivity index (χ1) is 13.0. The third-order valence-electron chi connectivity index (χ3n) is 5.18. The van der Waals surface area contributed by atoms with Gasteiger partial charge in [-0.15, -0.1) is 0 Å². The average molecular weight is 362 g/mol. The molecule has 0 fully saturated rings. The minimum atomic E-state index is -0.776. The van der Waals surface area contributed by atoms with Crippen LogP contribution in [0.15, 0.2) is 60.7 Å². The van der Waals surface area contributed by atoms with Crippen molar-refractivity contribution in [3.63, 3.8) is 0 Å². The van der Waals surface area contributed by atoms with E-state index in [1.807, 2.05) is 42.5 Å². The van der Waals surface area contributed by atoms with Gasteiger partial charge < -0.3 is 4.74 Å². The van der Waals surface area contributed by atoms with E-state index in [1.165, 1.54) is 5.56 Å². The molecule has 0 aromatic heterocycles. The second-order valence-electron chi connectivity index (χ2n) is 7.30. The highest BCUT2D eigenvalue weighted by Crippen LogP contribution is 2.40. The Kier molecular flexibility index (Phi) is 5.90. The standard InChI is InChI=1S/C24H26O3/c1-4-27-24(26)23-21(19-12-10-17(11-13-19)16(2)3)14-20(15-22(23)25)18-8-6-5-7-9-18/h5-13,15-16,21,23H,4,14H2,1-3H3. The number of allylic oxidation sites excluding steroid dienone is 2.